The lowest BCUT2D eigenvalue weighted by Gasteiger charge is -2.25. The second-order valence-electron chi connectivity index (χ2n) is 6.04. The van der Waals surface area contributed by atoms with E-state index in [0.717, 1.165) is 36.3 Å². The van der Waals surface area contributed by atoms with E-state index in [-0.39, 0.29) is 11.7 Å². The molecule has 1 atom stereocenters. The van der Waals surface area contributed by atoms with E-state index in [1.54, 1.807) is 11.6 Å². The maximum atomic E-state index is 11.9. The van der Waals surface area contributed by atoms with Gasteiger partial charge in [0.1, 0.15) is 11.9 Å². The molecular weight excluding hydrogens is 292 g/mol. The van der Waals surface area contributed by atoms with Crippen LogP contribution >= 0.6 is 0 Å². The number of anilines is 1. The molecule has 1 saturated heterocycles. The molecule has 23 heavy (non-hydrogen) atoms. The molecule has 2 aromatic rings. The summed E-state index contributed by atoms with van der Waals surface area (Å²) in [6.45, 7) is 3.22. The van der Waals surface area contributed by atoms with E-state index < -0.39 is 0 Å². The van der Waals surface area contributed by atoms with Gasteiger partial charge >= 0.3 is 0 Å². The zero-order chi connectivity index (χ0) is 16.4. The molecule has 0 bridgehead atoms. The van der Waals surface area contributed by atoms with Crippen molar-refractivity contribution in [1.82, 2.24) is 4.57 Å². The van der Waals surface area contributed by atoms with Gasteiger partial charge < -0.3 is 19.8 Å². The molecule has 1 aliphatic rings. The van der Waals surface area contributed by atoms with E-state index in [1.807, 2.05) is 37.4 Å². The molecule has 1 fully saturated rings. The van der Waals surface area contributed by atoms with Crippen molar-refractivity contribution in [2.24, 2.45) is 7.05 Å². The number of hydrogen-bond acceptors (Lipinski definition) is 4. The minimum atomic E-state index is 0.000743. The Labute approximate surface area is 135 Å². The fraction of sp³-hybridized carbons (Fsp3) is 0.389. The van der Waals surface area contributed by atoms with E-state index in [9.17, 15) is 4.79 Å². The van der Waals surface area contributed by atoms with Crippen LogP contribution in [0.5, 0.6) is 5.75 Å². The lowest BCUT2D eigenvalue weighted by atomic mass is 10.0. The summed E-state index contributed by atoms with van der Waals surface area (Å²) in [5.41, 5.74) is 9.13. The van der Waals surface area contributed by atoms with Crippen LogP contribution in [0.15, 0.2) is 35.3 Å². The molecular formula is C18H22N2O3. The molecule has 0 spiro atoms. The van der Waals surface area contributed by atoms with Crippen molar-refractivity contribution in [3.05, 3.63) is 46.4 Å². The van der Waals surface area contributed by atoms with Crippen LogP contribution in [0, 0.1) is 6.92 Å². The smallest absolute Gasteiger partial charge is 0.253 e. The van der Waals surface area contributed by atoms with Gasteiger partial charge in [-0.1, -0.05) is 0 Å². The summed E-state index contributed by atoms with van der Waals surface area (Å²) in [5, 5.41) is 0. The van der Waals surface area contributed by atoms with Gasteiger partial charge in [-0.15, -0.1) is 0 Å². The first-order valence-electron chi connectivity index (χ1n) is 7.86. The van der Waals surface area contributed by atoms with Crippen LogP contribution < -0.4 is 16.0 Å². The van der Waals surface area contributed by atoms with Gasteiger partial charge in [-0.2, -0.15) is 0 Å². The fourth-order valence-corrected chi connectivity index (χ4v) is 2.88. The Morgan fingerprint density at radius 2 is 2.17 bits per heavy atom. The molecule has 1 aromatic carbocycles. The third kappa shape index (κ3) is 3.40. The van der Waals surface area contributed by atoms with Gasteiger partial charge in [0.05, 0.1) is 6.61 Å². The predicted octanol–water partition coefficient (Wildman–Crippen LogP) is 2.50. The van der Waals surface area contributed by atoms with Crippen molar-refractivity contribution in [2.45, 2.75) is 25.9 Å². The van der Waals surface area contributed by atoms with Crippen LogP contribution in [-0.2, 0) is 11.8 Å². The molecule has 2 N–H and O–H groups in total. The summed E-state index contributed by atoms with van der Waals surface area (Å²) in [5.74, 6) is 0.771. The van der Waals surface area contributed by atoms with Gasteiger partial charge in [0.25, 0.3) is 5.56 Å². The van der Waals surface area contributed by atoms with E-state index in [1.165, 1.54) is 0 Å². The molecule has 1 aliphatic heterocycles. The van der Waals surface area contributed by atoms with Crippen LogP contribution in [0.4, 0.5) is 5.69 Å². The Kier molecular flexibility index (Phi) is 4.39. The second kappa shape index (κ2) is 6.46. The quantitative estimate of drug-likeness (QED) is 0.884. The number of pyridine rings is 1. The normalized spacial score (nSPS) is 17.9. The monoisotopic (exact) mass is 314 g/mol. The first-order valence-corrected chi connectivity index (χ1v) is 7.86. The molecule has 1 aromatic heterocycles. The number of aryl methyl sites for hydroxylation is 2. The fourth-order valence-electron chi connectivity index (χ4n) is 2.88. The standard InChI is InChI=1S/C18H22N2O3/c1-12-8-13(10-20(2)18(12)21)16-9-14(19)5-6-17(16)23-15-4-3-7-22-11-15/h5-6,8-10,15H,3-4,7,11,19H2,1-2H3. The third-order valence-electron chi connectivity index (χ3n) is 4.09. The molecule has 122 valence electrons. The van der Waals surface area contributed by atoms with Gasteiger partial charge in [-0.25, -0.2) is 0 Å². The molecule has 1 unspecified atom stereocenters. The average Bonchev–Trinajstić information content (AvgIpc) is 2.55. The highest BCUT2D eigenvalue weighted by atomic mass is 16.5. The summed E-state index contributed by atoms with van der Waals surface area (Å²) in [6, 6.07) is 7.48. The van der Waals surface area contributed by atoms with Crippen LogP contribution in [-0.4, -0.2) is 23.9 Å². The van der Waals surface area contributed by atoms with Crippen molar-refractivity contribution in [3.63, 3.8) is 0 Å². The topological polar surface area (TPSA) is 66.5 Å². The largest absolute Gasteiger partial charge is 0.487 e. The molecule has 5 nitrogen and oxygen atoms in total. The zero-order valence-electron chi connectivity index (χ0n) is 13.5. The lowest BCUT2D eigenvalue weighted by Crippen LogP contribution is -2.28. The Morgan fingerprint density at radius 3 is 2.87 bits per heavy atom. The minimum absolute atomic E-state index is 0.000743. The van der Waals surface area contributed by atoms with Gasteiger partial charge in [0, 0.05) is 42.2 Å². The molecule has 3 rings (SSSR count). The van der Waals surface area contributed by atoms with Gasteiger partial charge in [-0.3, -0.25) is 4.79 Å². The molecule has 5 heteroatoms. The number of nitrogens with zero attached hydrogens (tertiary/aromatic N) is 1. The molecule has 0 saturated carbocycles. The summed E-state index contributed by atoms with van der Waals surface area (Å²) in [6.07, 6.45) is 3.86. The number of benzene rings is 1. The van der Waals surface area contributed by atoms with E-state index in [0.29, 0.717) is 17.9 Å². The Hall–Kier alpha value is -2.27. The summed E-state index contributed by atoms with van der Waals surface area (Å²) >= 11 is 0. The summed E-state index contributed by atoms with van der Waals surface area (Å²) < 4.78 is 13.2. The van der Waals surface area contributed by atoms with E-state index >= 15 is 0 Å². The van der Waals surface area contributed by atoms with Crippen LogP contribution in [0.1, 0.15) is 18.4 Å². The van der Waals surface area contributed by atoms with E-state index in [4.69, 9.17) is 15.2 Å². The Balaban J connectivity index is 2.00. The Morgan fingerprint density at radius 1 is 1.35 bits per heavy atom. The predicted molar refractivity (Wildman–Crippen MR) is 90.7 cm³/mol. The number of rotatable bonds is 3. The first kappa shape index (κ1) is 15.6. The number of hydrogen-bond donors (Lipinski definition) is 1. The number of nitrogens with two attached hydrogens (primary N) is 1. The Bertz CT molecular complexity index is 735. The molecule has 2 heterocycles. The molecule has 0 radical (unpaired) electrons. The van der Waals surface area contributed by atoms with Crippen LogP contribution in [0.25, 0.3) is 11.1 Å². The van der Waals surface area contributed by atoms with Crippen molar-refractivity contribution < 1.29 is 9.47 Å². The third-order valence-corrected chi connectivity index (χ3v) is 4.09. The highest BCUT2D eigenvalue weighted by molar-refractivity contribution is 5.73. The highest BCUT2D eigenvalue weighted by Gasteiger charge is 2.18. The van der Waals surface area contributed by atoms with Gasteiger partial charge in [-0.05, 0) is 44.0 Å². The molecule has 0 aliphatic carbocycles. The zero-order valence-corrected chi connectivity index (χ0v) is 13.5. The summed E-state index contributed by atoms with van der Waals surface area (Å²) in [7, 11) is 1.75. The number of ether oxygens (including phenoxy) is 2. The van der Waals surface area contributed by atoms with Crippen molar-refractivity contribution in [2.75, 3.05) is 18.9 Å². The van der Waals surface area contributed by atoms with Crippen LogP contribution in [0.2, 0.25) is 0 Å². The van der Waals surface area contributed by atoms with Gasteiger partial charge in [0.15, 0.2) is 0 Å². The van der Waals surface area contributed by atoms with Gasteiger partial charge in [0.2, 0.25) is 0 Å². The minimum Gasteiger partial charge on any atom is -0.487 e. The summed E-state index contributed by atoms with van der Waals surface area (Å²) in [4.78, 5) is 11.9. The number of nitrogen functional groups attached to an aromatic ring is 1. The first-order chi connectivity index (χ1) is 11.0. The average molecular weight is 314 g/mol. The van der Waals surface area contributed by atoms with Crippen LogP contribution in [0.3, 0.4) is 0 Å². The highest BCUT2D eigenvalue weighted by Crippen LogP contribution is 2.33. The number of aromatic nitrogens is 1. The van der Waals surface area contributed by atoms with Crippen molar-refractivity contribution >= 4 is 5.69 Å². The molecule has 0 amide bonds. The maximum Gasteiger partial charge on any atom is 0.253 e. The second-order valence-corrected chi connectivity index (χ2v) is 6.04. The van der Waals surface area contributed by atoms with E-state index in [2.05, 4.69) is 0 Å². The SMILES string of the molecule is Cc1cc(-c2cc(N)ccc2OC2CCCOC2)cn(C)c1=O. The van der Waals surface area contributed by atoms with Crippen molar-refractivity contribution in [3.8, 4) is 16.9 Å². The lowest BCUT2D eigenvalue weighted by molar-refractivity contribution is 0.00768. The maximum absolute atomic E-state index is 11.9. The van der Waals surface area contributed by atoms with Crippen molar-refractivity contribution in [1.29, 1.82) is 0 Å².